The van der Waals surface area contributed by atoms with Crippen LogP contribution in [0.4, 0.5) is 0 Å². The van der Waals surface area contributed by atoms with Crippen LogP contribution in [0.5, 0.6) is 0 Å². The van der Waals surface area contributed by atoms with Crippen molar-refractivity contribution >= 4 is 5.65 Å². The third-order valence-electron chi connectivity index (χ3n) is 5.86. The third kappa shape index (κ3) is 2.93. The molecule has 2 aliphatic rings. The lowest BCUT2D eigenvalue weighted by Gasteiger charge is -2.30. The van der Waals surface area contributed by atoms with E-state index in [1.54, 1.807) is 19.6 Å². The highest BCUT2D eigenvalue weighted by atomic mass is 16.1. The van der Waals surface area contributed by atoms with Crippen molar-refractivity contribution in [3.8, 4) is 0 Å². The standard InChI is InChI=1S/C19H23N7O/c1-24-12-20-10-15(19(24)27)11-25-7-5-13(6-8-25)18-22-21-17-9-14-3-2-4-16(14)23-26(17)18/h9-10,12-13H,2-8,11H2,1H3. The van der Waals surface area contributed by atoms with Crippen molar-refractivity contribution in [1.29, 1.82) is 0 Å². The predicted molar refractivity (Wildman–Crippen MR) is 99.5 cm³/mol. The first kappa shape index (κ1) is 16.6. The first-order valence-corrected chi connectivity index (χ1v) is 9.65. The minimum atomic E-state index is 0.0358. The minimum Gasteiger partial charge on any atom is -0.302 e. The molecule has 140 valence electrons. The van der Waals surface area contributed by atoms with E-state index in [4.69, 9.17) is 5.10 Å². The average molecular weight is 365 g/mol. The number of hydrogen-bond acceptors (Lipinski definition) is 6. The zero-order valence-electron chi connectivity index (χ0n) is 15.5. The normalized spacial score (nSPS) is 18.3. The Kier molecular flexibility index (Phi) is 4.00. The van der Waals surface area contributed by atoms with Crippen LogP contribution < -0.4 is 5.56 Å². The van der Waals surface area contributed by atoms with Crippen molar-refractivity contribution < 1.29 is 0 Å². The third-order valence-corrected chi connectivity index (χ3v) is 5.86. The van der Waals surface area contributed by atoms with Gasteiger partial charge in [-0.15, -0.1) is 10.2 Å². The Balaban J connectivity index is 1.31. The van der Waals surface area contributed by atoms with Crippen molar-refractivity contribution in [2.45, 2.75) is 44.6 Å². The van der Waals surface area contributed by atoms with Gasteiger partial charge in [0.15, 0.2) is 11.5 Å². The Hall–Kier alpha value is -2.61. The molecule has 1 saturated heterocycles. The molecular weight excluding hydrogens is 342 g/mol. The summed E-state index contributed by atoms with van der Waals surface area (Å²) >= 11 is 0. The molecule has 0 N–H and O–H groups in total. The van der Waals surface area contributed by atoms with Crippen LogP contribution in [-0.2, 0) is 26.4 Å². The molecule has 0 radical (unpaired) electrons. The molecule has 0 saturated carbocycles. The predicted octanol–water partition coefficient (Wildman–Crippen LogP) is 1.09. The van der Waals surface area contributed by atoms with Gasteiger partial charge >= 0.3 is 0 Å². The Morgan fingerprint density at radius 2 is 2.04 bits per heavy atom. The molecule has 8 nitrogen and oxygen atoms in total. The second-order valence-corrected chi connectivity index (χ2v) is 7.68. The van der Waals surface area contributed by atoms with E-state index in [0.29, 0.717) is 12.5 Å². The summed E-state index contributed by atoms with van der Waals surface area (Å²) in [5.74, 6) is 1.34. The first-order chi connectivity index (χ1) is 13.2. The molecule has 0 amide bonds. The number of likely N-dealkylation sites (tertiary alicyclic amines) is 1. The first-order valence-electron chi connectivity index (χ1n) is 9.65. The van der Waals surface area contributed by atoms with E-state index >= 15 is 0 Å². The van der Waals surface area contributed by atoms with Gasteiger partial charge in [-0.25, -0.2) is 4.98 Å². The SMILES string of the molecule is Cn1cncc(CN2CCC(c3nnc4cc5c(nn34)CCC5)CC2)c1=O. The second-order valence-electron chi connectivity index (χ2n) is 7.68. The zero-order valence-corrected chi connectivity index (χ0v) is 15.5. The fraction of sp³-hybridized carbons (Fsp3) is 0.526. The molecule has 0 bridgehead atoms. The lowest BCUT2D eigenvalue weighted by Crippen LogP contribution is -2.35. The zero-order chi connectivity index (χ0) is 18.4. The van der Waals surface area contributed by atoms with Gasteiger partial charge in [-0.05, 0) is 56.8 Å². The molecule has 0 atom stereocenters. The van der Waals surface area contributed by atoms with Crippen molar-refractivity contribution in [3.05, 3.63) is 51.6 Å². The molecule has 1 aliphatic carbocycles. The molecule has 8 heteroatoms. The number of piperidine rings is 1. The van der Waals surface area contributed by atoms with Crippen LogP contribution >= 0.6 is 0 Å². The molecular formula is C19H23N7O. The lowest BCUT2D eigenvalue weighted by atomic mass is 9.96. The summed E-state index contributed by atoms with van der Waals surface area (Å²) in [4.78, 5) is 18.7. The van der Waals surface area contributed by atoms with Crippen LogP contribution in [0.3, 0.4) is 0 Å². The van der Waals surface area contributed by atoms with E-state index in [0.717, 1.165) is 55.8 Å². The maximum atomic E-state index is 12.2. The summed E-state index contributed by atoms with van der Waals surface area (Å²) in [7, 11) is 1.74. The van der Waals surface area contributed by atoms with Gasteiger partial charge in [0.25, 0.3) is 5.56 Å². The highest BCUT2D eigenvalue weighted by Crippen LogP contribution is 2.28. The molecule has 27 heavy (non-hydrogen) atoms. The Morgan fingerprint density at radius 3 is 2.89 bits per heavy atom. The summed E-state index contributed by atoms with van der Waals surface area (Å²) in [5, 5.41) is 13.7. The fourth-order valence-corrected chi connectivity index (χ4v) is 4.31. The van der Waals surface area contributed by atoms with Crippen molar-refractivity contribution in [2.75, 3.05) is 13.1 Å². The van der Waals surface area contributed by atoms with E-state index < -0.39 is 0 Å². The number of hydrogen-bond donors (Lipinski definition) is 0. The molecule has 1 fully saturated rings. The Morgan fingerprint density at radius 1 is 1.19 bits per heavy atom. The number of fused-ring (bicyclic) bond motifs is 2. The molecule has 0 unspecified atom stereocenters. The maximum Gasteiger partial charge on any atom is 0.257 e. The number of aryl methyl sites for hydroxylation is 3. The van der Waals surface area contributed by atoms with Gasteiger partial charge in [-0.1, -0.05) is 0 Å². The van der Waals surface area contributed by atoms with Gasteiger partial charge in [0.1, 0.15) is 0 Å². The summed E-state index contributed by atoms with van der Waals surface area (Å²) in [6, 6.07) is 2.15. The quantitative estimate of drug-likeness (QED) is 0.691. The van der Waals surface area contributed by atoms with Crippen LogP contribution in [0.15, 0.2) is 23.4 Å². The topological polar surface area (TPSA) is 81.2 Å². The average Bonchev–Trinajstić information content (AvgIpc) is 3.30. The van der Waals surface area contributed by atoms with E-state index in [2.05, 4.69) is 26.1 Å². The molecule has 5 rings (SSSR count). The van der Waals surface area contributed by atoms with E-state index in [1.165, 1.54) is 22.2 Å². The summed E-state index contributed by atoms with van der Waals surface area (Å²) in [6.07, 6.45) is 8.59. The molecule has 4 heterocycles. The lowest BCUT2D eigenvalue weighted by molar-refractivity contribution is 0.199. The molecule has 0 aromatic carbocycles. The number of aromatic nitrogens is 6. The monoisotopic (exact) mass is 365 g/mol. The van der Waals surface area contributed by atoms with Crippen LogP contribution in [-0.4, -0.2) is 47.4 Å². The Bertz CT molecular complexity index is 1050. The van der Waals surface area contributed by atoms with Crippen LogP contribution in [0.2, 0.25) is 0 Å². The molecule has 3 aromatic heterocycles. The van der Waals surface area contributed by atoms with Crippen LogP contribution in [0.25, 0.3) is 5.65 Å². The van der Waals surface area contributed by atoms with E-state index in [9.17, 15) is 4.79 Å². The smallest absolute Gasteiger partial charge is 0.257 e. The number of rotatable bonds is 3. The van der Waals surface area contributed by atoms with Crippen LogP contribution in [0.1, 0.15) is 47.8 Å². The molecule has 1 aliphatic heterocycles. The van der Waals surface area contributed by atoms with Crippen molar-refractivity contribution in [2.24, 2.45) is 7.05 Å². The molecule has 0 spiro atoms. The summed E-state index contributed by atoms with van der Waals surface area (Å²) < 4.78 is 3.50. The Labute approximate surface area is 156 Å². The minimum absolute atomic E-state index is 0.0358. The van der Waals surface area contributed by atoms with Gasteiger partial charge in [0, 0.05) is 31.3 Å². The van der Waals surface area contributed by atoms with Gasteiger partial charge < -0.3 is 4.57 Å². The van der Waals surface area contributed by atoms with Crippen molar-refractivity contribution in [1.82, 2.24) is 34.3 Å². The highest BCUT2D eigenvalue weighted by molar-refractivity contribution is 5.43. The fourth-order valence-electron chi connectivity index (χ4n) is 4.31. The highest BCUT2D eigenvalue weighted by Gasteiger charge is 2.26. The summed E-state index contributed by atoms with van der Waals surface area (Å²) in [6.45, 7) is 2.52. The van der Waals surface area contributed by atoms with E-state index in [1.807, 2.05) is 4.52 Å². The second kappa shape index (κ2) is 6.53. The van der Waals surface area contributed by atoms with E-state index in [-0.39, 0.29) is 5.56 Å². The maximum absolute atomic E-state index is 12.2. The van der Waals surface area contributed by atoms with Gasteiger partial charge in [-0.2, -0.15) is 9.61 Å². The summed E-state index contributed by atoms with van der Waals surface area (Å²) in [5.41, 5.74) is 4.19. The molecule has 3 aromatic rings. The number of nitrogens with zero attached hydrogens (tertiary/aromatic N) is 7. The van der Waals surface area contributed by atoms with Gasteiger partial charge in [-0.3, -0.25) is 9.69 Å². The largest absolute Gasteiger partial charge is 0.302 e. The van der Waals surface area contributed by atoms with Crippen LogP contribution in [0, 0.1) is 0 Å². The van der Waals surface area contributed by atoms with Gasteiger partial charge in [0.2, 0.25) is 0 Å². The van der Waals surface area contributed by atoms with Gasteiger partial charge in [0.05, 0.1) is 12.0 Å². The van der Waals surface area contributed by atoms with Crippen molar-refractivity contribution in [3.63, 3.8) is 0 Å².